The van der Waals surface area contributed by atoms with Crippen LogP contribution >= 0.6 is 11.6 Å². The number of carbonyl (C=O) groups is 2. The lowest BCUT2D eigenvalue weighted by molar-refractivity contribution is -0.119. The Labute approximate surface area is 108 Å². The summed E-state index contributed by atoms with van der Waals surface area (Å²) in [4.78, 5) is 22.3. The number of hydrogen-bond acceptors (Lipinski definition) is 5. The Bertz CT molecular complexity index is 489. The third kappa shape index (κ3) is 3.53. The molecule has 0 aliphatic carbocycles. The highest BCUT2D eigenvalue weighted by molar-refractivity contribution is 6.31. The fourth-order valence-corrected chi connectivity index (χ4v) is 1.52. The Kier molecular flexibility index (Phi) is 4.38. The number of rotatable bonds is 4. The van der Waals surface area contributed by atoms with Crippen LogP contribution in [-0.4, -0.2) is 28.2 Å². The largest absolute Gasteiger partial charge is 0.504 e. The monoisotopic (exact) mass is 273 g/mol. The quantitative estimate of drug-likeness (QED) is 0.563. The maximum Gasteiger partial charge on any atom is 0.342 e. The number of nitrogens with two attached hydrogens (primary N) is 1. The minimum absolute atomic E-state index is 0.0693. The lowest BCUT2D eigenvalue weighted by atomic mass is 10.2. The van der Waals surface area contributed by atoms with Crippen molar-refractivity contribution < 1.29 is 24.5 Å². The predicted molar refractivity (Wildman–Crippen MR) is 63.5 cm³/mol. The van der Waals surface area contributed by atoms with Crippen LogP contribution < -0.4 is 5.73 Å². The molecule has 0 aliphatic rings. The van der Waals surface area contributed by atoms with Crippen LogP contribution in [0.4, 0.5) is 0 Å². The van der Waals surface area contributed by atoms with Gasteiger partial charge in [-0.1, -0.05) is 11.6 Å². The standard InChI is InChI=1S/C11H12ClNO5/c1-5(2-9(13)15)18-11(17)7-3-6(12)4-8(14)10(7)16/h3-5,14,16H,2H2,1H3,(H2,13,15). The minimum Gasteiger partial charge on any atom is -0.504 e. The summed E-state index contributed by atoms with van der Waals surface area (Å²) in [6, 6.07) is 2.23. The van der Waals surface area contributed by atoms with Gasteiger partial charge in [-0.15, -0.1) is 0 Å². The molecule has 0 radical (unpaired) electrons. The number of phenolic OH excluding ortho intramolecular Hbond substituents is 2. The van der Waals surface area contributed by atoms with Gasteiger partial charge in [0.05, 0.1) is 6.42 Å². The molecule has 0 saturated heterocycles. The average Bonchev–Trinajstić information content (AvgIpc) is 2.21. The van der Waals surface area contributed by atoms with Crippen molar-refractivity contribution in [2.75, 3.05) is 0 Å². The van der Waals surface area contributed by atoms with Crippen LogP contribution in [0, 0.1) is 0 Å². The smallest absolute Gasteiger partial charge is 0.342 e. The molecule has 0 spiro atoms. The van der Waals surface area contributed by atoms with Crippen LogP contribution in [0.1, 0.15) is 23.7 Å². The minimum atomic E-state index is -0.904. The summed E-state index contributed by atoms with van der Waals surface area (Å²) in [7, 11) is 0. The van der Waals surface area contributed by atoms with Gasteiger partial charge in [0.15, 0.2) is 11.5 Å². The molecule has 0 aliphatic heterocycles. The molecule has 0 saturated carbocycles. The molecule has 1 atom stereocenters. The first kappa shape index (κ1) is 14.1. The fraction of sp³-hybridized carbons (Fsp3) is 0.273. The van der Waals surface area contributed by atoms with E-state index in [1.54, 1.807) is 0 Å². The molecule has 1 aromatic carbocycles. The van der Waals surface area contributed by atoms with Crippen LogP contribution in [0.5, 0.6) is 11.5 Å². The van der Waals surface area contributed by atoms with Crippen molar-refractivity contribution in [1.82, 2.24) is 0 Å². The highest BCUT2D eigenvalue weighted by Gasteiger charge is 2.20. The Balaban J connectivity index is 2.88. The summed E-state index contributed by atoms with van der Waals surface area (Å²) >= 11 is 5.63. The molecule has 1 unspecified atom stereocenters. The van der Waals surface area contributed by atoms with E-state index in [0.717, 1.165) is 12.1 Å². The second-order valence-electron chi connectivity index (χ2n) is 3.71. The first-order valence-electron chi connectivity index (χ1n) is 5.02. The van der Waals surface area contributed by atoms with Crippen LogP contribution in [0.15, 0.2) is 12.1 Å². The Morgan fingerprint density at radius 2 is 2.06 bits per heavy atom. The molecular weight excluding hydrogens is 262 g/mol. The van der Waals surface area contributed by atoms with Gasteiger partial charge in [0, 0.05) is 11.1 Å². The van der Waals surface area contributed by atoms with E-state index in [0.29, 0.717) is 0 Å². The summed E-state index contributed by atoms with van der Waals surface area (Å²) in [5, 5.41) is 18.8. The number of benzene rings is 1. The summed E-state index contributed by atoms with van der Waals surface area (Å²) in [6.07, 6.45) is -0.880. The van der Waals surface area contributed by atoms with Crippen molar-refractivity contribution in [3.8, 4) is 11.5 Å². The molecule has 1 aromatic rings. The second-order valence-corrected chi connectivity index (χ2v) is 4.14. The Morgan fingerprint density at radius 3 is 2.61 bits per heavy atom. The number of aromatic hydroxyl groups is 2. The van der Waals surface area contributed by atoms with Crippen LogP contribution in [0.3, 0.4) is 0 Å². The third-order valence-electron chi connectivity index (χ3n) is 2.07. The number of carbonyl (C=O) groups excluding carboxylic acids is 2. The van der Waals surface area contributed by atoms with Gasteiger partial charge in [0.1, 0.15) is 11.7 Å². The highest BCUT2D eigenvalue weighted by Crippen LogP contribution is 2.33. The highest BCUT2D eigenvalue weighted by atomic mass is 35.5. The summed E-state index contributed by atoms with van der Waals surface area (Å²) in [5.41, 5.74) is 4.66. The summed E-state index contributed by atoms with van der Waals surface area (Å²) in [5.74, 6) is -2.68. The Morgan fingerprint density at radius 1 is 1.44 bits per heavy atom. The van der Waals surface area contributed by atoms with Gasteiger partial charge in [0.25, 0.3) is 0 Å². The molecule has 98 valence electrons. The normalized spacial score (nSPS) is 11.9. The van der Waals surface area contributed by atoms with Gasteiger partial charge in [-0.3, -0.25) is 4.79 Å². The SMILES string of the molecule is CC(CC(N)=O)OC(=O)c1cc(Cl)cc(O)c1O. The average molecular weight is 274 g/mol. The Hall–Kier alpha value is -1.95. The molecule has 0 fully saturated rings. The molecule has 0 aromatic heterocycles. The molecular formula is C11H12ClNO5. The van der Waals surface area contributed by atoms with Crippen molar-refractivity contribution in [3.05, 3.63) is 22.7 Å². The van der Waals surface area contributed by atoms with E-state index in [1.165, 1.54) is 6.92 Å². The van der Waals surface area contributed by atoms with Gasteiger partial charge in [0.2, 0.25) is 5.91 Å². The molecule has 1 rings (SSSR count). The van der Waals surface area contributed by atoms with Crippen LogP contribution in [0.25, 0.3) is 0 Å². The number of halogens is 1. The van der Waals surface area contributed by atoms with Gasteiger partial charge in [-0.2, -0.15) is 0 Å². The van der Waals surface area contributed by atoms with E-state index in [2.05, 4.69) is 0 Å². The molecule has 7 heteroatoms. The zero-order valence-electron chi connectivity index (χ0n) is 9.51. The molecule has 6 nitrogen and oxygen atoms in total. The summed E-state index contributed by atoms with van der Waals surface area (Å²) in [6.45, 7) is 1.48. The topological polar surface area (TPSA) is 110 Å². The molecule has 4 N–H and O–H groups in total. The number of hydrogen-bond donors (Lipinski definition) is 3. The predicted octanol–water partition coefficient (Wildman–Crippen LogP) is 1.17. The molecule has 0 bridgehead atoms. The van der Waals surface area contributed by atoms with Gasteiger partial charge in [-0.25, -0.2) is 4.79 Å². The second kappa shape index (κ2) is 5.59. The molecule has 1 amide bonds. The van der Waals surface area contributed by atoms with E-state index in [4.69, 9.17) is 22.1 Å². The lowest BCUT2D eigenvalue weighted by Gasteiger charge is -2.12. The van der Waals surface area contributed by atoms with E-state index >= 15 is 0 Å². The number of ether oxygens (including phenoxy) is 1. The maximum absolute atomic E-state index is 11.7. The summed E-state index contributed by atoms with van der Waals surface area (Å²) < 4.78 is 4.87. The zero-order valence-corrected chi connectivity index (χ0v) is 10.3. The number of primary amides is 1. The third-order valence-corrected chi connectivity index (χ3v) is 2.29. The van der Waals surface area contributed by atoms with E-state index < -0.39 is 29.5 Å². The van der Waals surface area contributed by atoms with E-state index in [-0.39, 0.29) is 17.0 Å². The fourth-order valence-electron chi connectivity index (χ4n) is 1.31. The van der Waals surface area contributed by atoms with Gasteiger partial charge in [-0.05, 0) is 13.0 Å². The molecule has 0 heterocycles. The van der Waals surface area contributed by atoms with Crippen molar-refractivity contribution in [2.24, 2.45) is 5.73 Å². The lowest BCUT2D eigenvalue weighted by Crippen LogP contribution is -2.22. The first-order valence-corrected chi connectivity index (χ1v) is 5.39. The number of phenols is 2. The molecule has 18 heavy (non-hydrogen) atoms. The van der Waals surface area contributed by atoms with Crippen molar-refractivity contribution in [2.45, 2.75) is 19.4 Å². The van der Waals surface area contributed by atoms with Gasteiger partial charge >= 0.3 is 5.97 Å². The van der Waals surface area contributed by atoms with Crippen LogP contribution in [0.2, 0.25) is 5.02 Å². The van der Waals surface area contributed by atoms with Crippen molar-refractivity contribution >= 4 is 23.5 Å². The number of esters is 1. The van der Waals surface area contributed by atoms with E-state index in [1.807, 2.05) is 0 Å². The van der Waals surface area contributed by atoms with Crippen molar-refractivity contribution in [3.63, 3.8) is 0 Å². The van der Waals surface area contributed by atoms with Crippen LogP contribution in [-0.2, 0) is 9.53 Å². The number of amides is 1. The maximum atomic E-state index is 11.7. The zero-order chi connectivity index (χ0) is 13.9. The van der Waals surface area contributed by atoms with Crippen molar-refractivity contribution in [1.29, 1.82) is 0 Å². The first-order chi connectivity index (χ1) is 8.31. The van der Waals surface area contributed by atoms with Gasteiger partial charge < -0.3 is 20.7 Å². The van der Waals surface area contributed by atoms with E-state index in [9.17, 15) is 19.8 Å².